The number of rotatable bonds is 39. The fourth-order valence-electron chi connectivity index (χ4n) is 11.8. The van der Waals surface area contributed by atoms with E-state index < -0.39 is 132 Å². The number of ketones is 1. The number of nitrogens with zero attached hydrogens (tertiary/aromatic N) is 2. The summed E-state index contributed by atoms with van der Waals surface area (Å²) in [6.07, 6.45) is 2.28. The van der Waals surface area contributed by atoms with Gasteiger partial charge >= 0.3 is 18.1 Å². The average Bonchev–Trinajstić information content (AvgIpc) is 1.52. The smallest absolute Gasteiger partial charge is 0.410 e. The Morgan fingerprint density at radius 3 is 1.86 bits per heavy atom. The Labute approximate surface area is 531 Å². The molecule has 3 rings (SSSR count). The number of carbonyl (C=O) groups excluding carboxylic acids is 9. The SMILES string of the molecule is CC[C@H](C)[C@@H]([C@@H](CC(=O)C1CCC[C@H]1[C@H](OC)[C@@H](C)C(=O)N[C@@H](Cc1ccccc1)C(=O)O)OC)N(C)C(=O)[C@@H](NC(=O)[C@H](C(C)C)N(C)C(=O)OCc1ccc(NC(=O)C(CCCNC(N)=O)NC(=O)[C@@H](NC(=O)C(N)CCCCN)C(C)C)cc1)C(C)C. The van der Waals surface area contributed by atoms with Crippen LogP contribution in [0, 0.1) is 41.4 Å². The van der Waals surface area contributed by atoms with E-state index in [9.17, 15) is 53.1 Å². The third kappa shape index (κ3) is 23.5. The number of hydrogen-bond donors (Lipinski definition) is 10. The number of urea groups is 1. The number of Topliss-reactive ketones (excluding diaryl/α,β-unsaturated/α-hetero) is 1. The van der Waals surface area contributed by atoms with Gasteiger partial charge in [0.2, 0.25) is 35.4 Å². The summed E-state index contributed by atoms with van der Waals surface area (Å²) in [5.41, 5.74) is 18.5. The largest absolute Gasteiger partial charge is 0.480 e. The molecule has 1 fully saturated rings. The lowest BCUT2D eigenvalue weighted by atomic mass is 9.79. The monoisotopic (exact) mass is 1260 g/mol. The number of carbonyl (C=O) groups is 10. The summed E-state index contributed by atoms with van der Waals surface area (Å²) in [5.74, 6) is -7.58. The molecule has 13 N–H and O–H groups in total. The van der Waals surface area contributed by atoms with Crippen molar-refractivity contribution in [1.29, 1.82) is 0 Å². The van der Waals surface area contributed by atoms with Gasteiger partial charge in [0.1, 0.15) is 42.6 Å². The first-order chi connectivity index (χ1) is 42.5. The summed E-state index contributed by atoms with van der Waals surface area (Å²) < 4.78 is 17.7. The molecular formula is C65H105N11O14. The number of benzene rings is 2. The molecule has 504 valence electrons. The summed E-state index contributed by atoms with van der Waals surface area (Å²) >= 11 is 0. The zero-order chi connectivity index (χ0) is 67.5. The molecule has 9 amide bonds. The van der Waals surface area contributed by atoms with Crippen molar-refractivity contribution in [2.24, 2.45) is 58.6 Å². The predicted molar refractivity (Wildman–Crippen MR) is 342 cm³/mol. The zero-order valence-corrected chi connectivity index (χ0v) is 55.2. The number of ether oxygens (including phenoxy) is 3. The van der Waals surface area contributed by atoms with Crippen LogP contribution in [0.3, 0.4) is 0 Å². The Morgan fingerprint density at radius 1 is 0.678 bits per heavy atom. The van der Waals surface area contributed by atoms with Crippen molar-refractivity contribution in [3.63, 3.8) is 0 Å². The van der Waals surface area contributed by atoms with Crippen LogP contribution in [-0.4, -0.2) is 170 Å². The summed E-state index contributed by atoms with van der Waals surface area (Å²) in [6.45, 7) is 16.6. The van der Waals surface area contributed by atoms with Gasteiger partial charge in [-0.05, 0) is 97.9 Å². The van der Waals surface area contributed by atoms with E-state index in [2.05, 4.69) is 31.9 Å². The van der Waals surface area contributed by atoms with Crippen LogP contribution in [0.4, 0.5) is 15.3 Å². The number of methoxy groups -OCH3 is 2. The maximum Gasteiger partial charge on any atom is 0.410 e. The molecule has 25 nitrogen and oxygen atoms in total. The molecule has 13 atom stereocenters. The second kappa shape index (κ2) is 38.5. The lowest BCUT2D eigenvalue weighted by Gasteiger charge is -2.40. The van der Waals surface area contributed by atoms with Gasteiger partial charge in [0.25, 0.3) is 0 Å². The summed E-state index contributed by atoms with van der Waals surface area (Å²) in [4.78, 5) is 138. The van der Waals surface area contributed by atoms with Crippen LogP contribution in [0.15, 0.2) is 54.6 Å². The molecule has 0 aliphatic heterocycles. The van der Waals surface area contributed by atoms with Crippen molar-refractivity contribution in [3.05, 3.63) is 65.7 Å². The Bertz CT molecular complexity index is 2650. The molecule has 1 aliphatic carbocycles. The Morgan fingerprint density at radius 2 is 1.30 bits per heavy atom. The van der Waals surface area contributed by atoms with Crippen LogP contribution in [0.5, 0.6) is 0 Å². The molecule has 2 aromatic rings. The second-order valence-corrected chi connectivity index (χ2v) is 24.9. The number of anilines is 1. The van der Waals surface area contributed by atoms with E-state index in [-0.39, 0.29) is 62.4 Å². The number of carboxylic acid groups (broad SMARTS) is 1. The molecule has 25 heteroatoms. The van der Waals surface area contributed by atoms with Gasteiger partial charge in [-0.25, -0.2) is 14.4 Å². The van der Waals surface area contributed by atoms with E-state index in [1.165, 1.54) is 26.2 Å². The summed E-state index contributed by atoms with van der Waals surface area (Å²) in [6, 6.07) is 7.72. The lowest BCUT2D eigenvalue weighted by Crippen LogP contribution is -2.60. The normalized spacial score (nSPS) is 17.6. The van der Waals surface area contributed by atoms with Crippen molar-refractivity contribution in [2.75, 3.05) is 46.7 Å². The Balaban J connectivity index is 1.72. The van der Waals surface area contributed by atoms with Crippen molar-refractivity contribution in [3.8, 4) is 0 Å². The van der Waals surface area contributed by atoms with E-state index in [4.69, 9.17) is 31.4 Å². The number of likely N-dealkylation sites (N-methyl/N-ethyl adjacent to an activating group) is 2. The van der Waals surface area contributed by atoms with Crippen molar-refractivity contribution in [1.82, 2.24) is 36.4 Å². The van der Waals surface area contributed by atoms with Crippen LogP contribution >= 0.6 is 0 Å². The van der Waals surface area contributed by atoms with E-state index in [1.807, 2.05) is 19.9 Å². The lowest BCUT2D eigenvalue weighted by molar-refractivity contribution is -0.146. The quantitative estimate of drug-likeness (QED) is 0.0408. The van der Waals surface area contributed by atoms with Gasteiger partial charge in [0, 0.05) is 59.3 Å². The first kappa shape index (κ1) is 77.0. The molecule has 0 heterocycles. The molecule has 1 aliphatic rings. The number of unbranched alkanes of at least 4 members (excludes halogenated alkanes) is 1. The van der Waals surface area contributed by atoms with Gasteiger partial charge in [-0.15, -0.1) is 0 Å². The minimum atomic E-state index is -1.18. The number of aliphatic carboxylic acids is 1. The van der Waals surface area contributed by atoms with Crippen LogP contribution in [0.25, 0.3) is 0 Å². The van der Waals surface area contributed by atoms with Crippen LogP contribution in [-0.2, 0) is 65.6 Å². The predicted octanol–water partition coefficient (Wildman–Crippen LogP) is 4.62. The number of amides is 9. The standard InChI is InChI=1S/C65H105N11O14/c1-14-40(8)55(51(88-12)35-50(77)45-24-20-25-46(45)56(89-13)41(9)57(78)72-49(63(84)85)34-42-22-16-15-17-23-42)75(10)62(83)53(38(4)5)74-61(82)54(39(6)7)76(11)65(87)90-36-43-28-30-44(31-29-43)70-59(80)48(27-21-33-69-64(68)86)71-60(81)52(37(2)3)73-58(79)47(67)26-18-19-32-66/h15-17,22-23,28-31,37-41,45-49,51-56H,14,18-21,24-27,32-36,66-67H2,1-13H3,(H,70,80)(H,71,81)(H,72,78)(H,73,79)(H,74,82)(H,84,85)(H3,68,69,86)/t40-,41+,45?,46+,47?,48?,49-,51+,52-,53-,54-,55-,56+/m0/s1. The third-order valence-corrected chi connectivity index (χ3v) is 17.2. The first-order valence-electron chi connectivity index (χ1n) is 31.6. The van der Waals surface area contributed by atoms with Gasteiger partial charge in [-0.3, -0.25) is 38.5 Å². The molecule has 90 heavy (non-hydrogen) atoms. The summed E-state index contributed by atoms with van der Waals surface area (Å²) in [7, 11) is 6.04. The molecule has 0 radical (unpaired) electrons. The van der Waals surface area contributed by atoms with Crippen LogP contribution < -0.4 is 49.1 Å². The van der Waals surface area contributed by atoms with E-state index in [1.54, 1.807) is 109 Å². The third-order valence-electron chi connectivity index (χ3n) is 17.2. The molecular weight excluding hydrogens is 1160 g/mol. The average molecular weight is 1260 g/mol. The minimum Gasteiger partial charge on any atom is -0.480 e. The highest BCUT2D eigenvalue weighted by Crippen LogP contribution is 2.40. The van der Waals surface area contributed by atoms with Gasteiger partial charge in [-0.1, -0.05) is 124 Å². The number of hydrogen-bond acceptors (Lipinski definition) is 15. The molecule has 0 saturated heterocycles. The highest BCUT2D eigenvalue weighted by atomic mass is 16.6. The van der Waals surface area contributed by atoms with Gasteiger partial charge in [-0.2, -0.15) is 0 Å². The molecule has 1 saturated carbocycles. The second-order valence-electron chi connectivity index (χ2n) is 24.9. The van der Waals surface area contributed by atoms with Gasteiger partial charge < -0.3 is 73.3 Å². The molecule has 0 bridgehead atoms. The van der Waals surface area contributed by atoms with Crippen LogP contribution in [0.2, 0.25) is 0 Å². The fourth-order valence-corrected chi connectivity index (χ4v) is 11.8. The Kier molecular flexibility index (Phi) is 32.9. The first-order valence-corrected chi connectivity index (χ1v) is 31.6. The highest BCUT2D eigenvalue weighted by molar-refractivity contribution is 5.99. The van der Waals surface area contributed by atoms with Gasteiger partial charge in [0.05, 0.1) is 30.2 Å². The molecule has 0 aromatic heterocycles. The van der Waals surface area contributed by atoms with Crippen molar-refractivity contribution < 1.29 is 67.3 Å². The zero-order valence-electron chi connectivity index (χ0n) is 55.2. The highest BCUT2D eigenvalue weighted by Gasteiger charge is 2.45. The number of primary amides is 1. The molecule has 0 spiro atoms. The molecule has 3 unspecified atom stereocenters. The molecule has 2 aromatic carbocycles. The van der Waals surface area contributed by atoms with Crippen LogP contribution in [0.1, 0.15) is 138 Å². The minimum absolute atomic E-state index is 0.0560. The van der Waals surface area contributed by atoms with E-state index >= 15 is 0 Å². The maximum atomic E-state index is 14.8. The number of nitrogens with one attached hydrogen (secondary N) is 6. The topological polar surface area (TPSA) is 375 Å². The van der Waals surface area contributed by atoms with Crippen molar-refractivity contribution >= 4 is 65.0 Å². The van der Waals surface area contributed by atoms with Crippen molar-refractivity contribution in [2.45, 2.75) is 194 Å². The fraction of sp³-hybridized carbons (Fsp3) is 0.662. The summed E-state index contributed by atoms with van der Waals surface area (Å²) in [5, 5.41) is 26.3. The maximum absolute atomic E-state index is 14.8. The van der Waals surface area contributed by atoms with E-state index in [0.717, 1.165) is 5.56 Å². The number of nitrogens with two attached hydrogens (primary N) is 3. The van der Waals surface area contributed by atoms with Gasteiger partial charge in [0.15, 0.2) is 0 Å². The number of carboxylic acids is 1. The Hall–Kier alpha value is -7.22. The van der Waals surface area contributed by atoms with E-state index in [0.29, 0.717) is 62.7 Å².